The first-order chi connectivity index (χ1) is 9.79. The molecule has 0 spiro atoms. The molecule has 2 aromatic carbocycles. The number of ether oxygens (including phenoxy) is 1. The maximum atomic E-state index is 8.86. The number of thiazole rings is 1. The van der Waals surface area contributed by atoms with Gasteiger partial charge in [-0.05, 0) is 18.2 Å². The van der Waals surface area contributed by atoms with Crippen LogP contribution >= 0.6 is 22.9 Å². The van der Waals surface area contributed by atoms with Crippen molar-refractivity contribution in [2.45, 2.75) is 0 Å². The van der Waals surface area contributed by atoms with Gasteiger partial charge in [-0.3, -0.25) is 0 Å². The van der Waals surface area contributed by atoms with Crippen LogP contribution in [0, 0.1) is 0 Å². The Hall–Kier alpha value is -1.62. The van der Waals surface area contributed by atoms with E-state index >= 15 is 0 Å². The van der Waals surface area contributed by atoms with Crippen LogP contribution in [-0.2, 0) is 0 Å². The Balaban J connectivity index is 2.09. The molecular weight excluding hydrogens is 294 g/mol. The van der Waals surface area contributed by atoms with Gasteiger partial charge in [0.1, 0.15) is 22.9 Å². The highest BCUT2D eigenvalue weighted by molar-refractivity contribution is 7.21. The van der Waals surface area contributed by atoms with Crippen LogP contribution in [0.4, 0.5) is 0 Å². The number of fused-ring (bicyclic) bond motifs is 1. The average Bonchev–Trinajstić information content (AvgIpc) is 2.89. The van der Waals surface area contributed by atoms with Crippen molar-refractivity contribution in [2.24, 2.45) is 0 Å². The number of aromatic nitrogens is 1. The molecule has 1 heterocycles. The molecule has 5 heteroatoms. The lowest BCUT2D eigenvalue weighted by Crippen LogP contribution is -2.01. The quantitative estimate of drug-likeness (QED) is 0.792. The molecule has 20 heavy (non-hydrogen) atoms. The summed E-state index contributed by atoms with van der Waals surface area (Å²) in [5.41, 5.74) is 1.73. The van der Waals surface area contributed by atoms with Gasteiger partial charge in [0.05, 0.1) is 16.3 Å². The van der Waals surface area contributed by atoms with Gasteiger partial charge in [-0.15, -0.1) is 11.3 Å². The first-order valence-corrected chi connectivity index (χ1v) is 7.37. The van der Waals surface area contributed by atoms with E-state index in [4.69, 9.17) is 21.4 Å². The molecule has 0 aliphatic rings. The van der Waals surface area contributed by atoms with Crippen molar-refractivity contribution in [1.82, 2.24) is 4.98 Å². The molecule has 0 aliphatic heterocycles. The summed E-state index contributed by atoms with van der Waals surface area (Å²) in [6.07, 6.45) is 0. The Bertz CT molecular complexity index is 742. The molecule has 0 saturated heterocycles. The normalized spacial score (nSPS) is 10.9. The topological polar surface area (TPSA) is 42.4 Å². The van der Waals surface area contributed by atoms with Gasteiger partial charge >= 0.3 is 0 Å². The predicted octanol–water partition coefficient (Wildman–Crippen LogP) is 3.99. The number of aliphatic hydroxyl groups excluding tert-OH is 1. The maximum Gasteiger partial charge on any atom is 0.146 e. The average molecular weight is 306 g/mol. The zero-order chi connectivity index (χ0) is 13.9. The summed E-state index contributed by atoms with van der Waals surface area (Å²) in [5.74, 6) is 0.686. The first-order valence-electron chi connectivity index (χ1n) is 6.17. The minimum atomic E-state index is -0.0160. The lowest BCUT2D eigenvalue weighted by atomic mass is 10.2. The fourth-order valence-corrected chi connectivity index (χ4v) is 3.25. The molecule has 0 aliphatic carbocycles. The highest BCUT2D eigenvalue weighted by atomic mass is 35.5. The van der Waals surface area contributed by atoms with Crippen molar-refractivity contribution in [3.8, 4) is 16.3 Å². The van der Waals surface area contributed by atoms with Crippen molar-refractivity contribution in [3.05, 3.63) is 47.5 Å². The monoisotopic (exact) mass is 305 g/mol. The molecule has 0 bridgehead atoms. The molecule has 102 valence electrons. The molecule has 0 amide bonds. The van der Waals surface area contributed by atoms with Crippen LogP contribution in [0.2, 0.25) is 5.02 Å². The van der Waals surface area contributed by atoms with Crippen molar-refractivity contribution in [2.75, 3.05) is 13.2 Å². The minimum Gasteiger partial charge on any atom is -0.489 e. The molecule has 1 N–H and O–H groups in total. The van der Waals surface area contributed by atoms with E-state index in [-0.39, 0.29) is 13.2 Å². The molecule has 3 rings (SSSR count). The number of hydrogen-bond donors (Lipinski definition) is 1. The smallest absolute Gasteiger partial charge is 0.146 e. The highest BCUT2D eigenvalue weighted by Gasteiger charge is 2.12. The second-order valence-electron chi connectivity index (χ2n) is 4.17. The maximum absolute atomic E-state index is 8.86. The van der Waals surface area contributed by atoms with E-state index in [9.17, 15) is 0 Å². The summed E-state index contributed by atoms with van der Waals surface area (Å²) in [7, 11) is 0. The van der Waals surface area contributed by atoms with Gasteiger partial charge in [0, 0.05) is 5.56 Å². The largest absolute Gasteiger partial charge is 0.489 e. The third kappa shape index (κ3) is 2.50. The standard InChI is InChI=1S/C15H12ClNO2S/c16-11-5-2-1-4-10(11)15-17-14-12(19-9-8-18)6-3-7-13(14)20-15/h1-7,18H,8-9H2. The number of aliphatic hydroxyl groups is 1. The number of para-hydroxylation sites is 1. The Morgan fingerprint density at radius 1 is 1.15 bits per heavy atom. The van der Waals surface area contributed by atoms with Crippen LogP contribution in [-0.4, -0.2) is 23.3 Å². The predicted molar refractivity (Wildman–Crippen MR) is 82.6 cm³/mol. The molecule has 0 unspecified atom stereocenters. The zero-order valence-corrected chi connectivity index (χ0v) is 12.1. The van der Waals surface area contributed by atoms with Gasteiger partial charge in [-0.25, -0.2) is 4.98 Å². The number of nitrogens with zero attached hydrogens (tertiary/aromatic N) is 1. The summed E-state index contributed by atoms with van der Waals surface area (Å²) >= 11 is 7.79. The molecule has 3 aromatic rings. The third-order valence-electron chi connectivity index (χ3n) is 2.84. The summed E-state index contributed by atoms with van der Waals surface area (Å²) in [6, 6.07) is 13.4. The Morgan fingerprint density at radius 2 is 2.00 bits per heavy atom. The van der Waals surface area contributed by atoms with E-state index in [1.54, 1.807) is 11.3 Å². The second kappa shape index (κ2) is 5.79. The van der Waals surface area contributed by atoms with Gasteiger partial charge in [-0.2, -0.15) is 0 Å². The summed E-state index contributed by atoms with van der Waals surface area (Å²) < 4.78 is 6.55. The fraction of sp³-hybridized carbons (Fsp3) is 0.133. The summed E-state index contributed by atoms with van der Waals surface area (Å²) in [4.78, 5) is 4.62. The van der Waals surface area contributed by atoms with Crippen LogP contribution in [0.25, 0.3) is 20.8 Å². The lowest BCUT2D eigenvalue weighted by Gasteiger charge is -2.03. The fourth-order valence-electron chi connectivity index (χ4n) is 1.95. The van der Waals surface area contributed by atoms with E-state index in [1.807, 2.05) is 42.5 Å². The molecule has 3 nitrogen and oxygen atoms in total. The minimum absolute atomic E-state index is 0.0160. The SMILES string of the molecule is OCCOc1cccc2sc(-c3ccccc3Cl)nc12. The van der Waals surface area contributed by atoms with E-state index < -0.39 is 0 Å². The summed E-state index contributed by atoms with van der Waals surface area (Å²) in [6.45, 7) is 0.246. The Morgan fingerprint density at radius 3 is 2.80 bits per heavy atom. The number of rotatable bonds is 4. The second-order valence-corrected chi connectivity index (χ2v) is 5.61. The van der Waals surface area contributed by atoms with Crippen LogP contribution in [0.5, 0.6) is 5.75 Å². The van der Waals surface area contributed by atoms with Crippen molar-refractivity contribution >= 4 is 33.2 Å². The molecule has 0 radical (unpaired) electrons. The van der Waals surface area contributed by atoms with Crippen LogP contribution in [0.15, 0.2) is 42.5 Å². The molecule has 0 fully saturated rings. The van der Waals surface area contributed by atoms with Crippen LogP contribution in [0.3, 0.4) is 0 Å². The van der Waals surface area contributed by atoms with Crippen molar-refractivity contribution in [1.29, 1.82) is 0 Å². The Kier molecular flexibility index (Phi) is 3.87. The van der Waals surface area contributed by atoms with E-state index in [1.165, 1.54) is 0 Å². The number of hydrogen-bond acceptors (Lipinski definition) is 4. The van der Waals surface area contributed by atoms with Gasteiger partial charge < -0.3 is 9.84 Å². The van der Waals surface area contributed by atoms with Gasteiger partial charge in [0.2, 0.25) is 0 Å². The van der Waals surface area contributed by atoms with E-state index in [0.29, 0.717) is 10.8 Å². The lowest BCUT2D eigenvalue weighted by molar-refractivity contribution is 0.202. The molecule has 0 saturated carbocycles. The van der Waals surface area contributed by atoms with Gasteiger partial charge in [0.25, 0.3) is 0 Å². The first kappa shape index (κ1) is 13.4. The van der Waals surface area contributed by atoms with Crippen molar-refractivity contribution in [3.63, 3.8) is 0 Å². The van der Waals surface area contributed by atoms with Crippen LogP contribution < -0.4 is 4.74 Å². The van der Waals surface area contributed by atoms with Crippen molar-refractivity contribution < 1.29 is 9.84 Å². The van der Waals surface area contributed by atoms with Gasteiger partial charge in [0.15, 0.2) is 0 Å². The third-order valence-corrected chi connectivity index (χ3v) is 4.22. The highest BCUT2D eigenvalue weighted by Crippen LogP contribution is 2.37. The van der Waals surface area contributed by atoms with Crippen LogP contribution in [0.1, 0.15) is 0 Å². The number of benzene rings is 2. The summed E-state index contributed by atoms with van der Waals surface area (Å²) in [5, 5.41) is 10.4. The van der Waals surface area contributed by atoms with E-state index in [0.717, 1.165) is 20.8 Å². The Labute approximate surface area is 125 Å². The van der Waals surface area contributed by atoms with E-state index in [2.05, 4.69) is 4.98 Å². The van der Waals surface area contributed by atoms with Gasteiger partial charge in [-0.1, -0.05) is 35.9 Å². The molecule has 1 aromatic heterocycles. The number of halogens is 1. The molecule has 0 atom stereocenters. The molecular formula is C15H12ClNO2S. The zero-order valence-electron chi connectivity index (χ0n) is 10.5.